The molecule has 0 radical (unpaired) electrons. The summed E-state index contributed by atoms with van der Waals surface area (Å²) >= 11 is 0. The van der Waals surface area contributed by atoms with Crippen molar-refractivity contribution in [3.05, 3.63) is 0 Å². The Morgan fingerprint density at radius 2 is 1.82 bits per heavy atom. The van der Waals surface area contributed by atoms with Crippen molar-refractivity contribution in [1.82, 2.24) is 10.6 Å². The van der Waals surface area contributed by atoms with Crippen LogP contribution in [0, 0.1) is 5.92 Å². The van der Waals surface area contributed by atoms with E-state index in [0.717, 1.165) is 19.4 Å². The lowest BCUT2D eigenvalue weighted by molar-refractivity contribution is -0.123. The minimum atomic E-state index is -0.144. The van der Waals surface area contributed by atoms with Crippen LogP contribution >= 0.6 is 0 Å². The summed E-state index contributed by atoms with van der Waals surface area (Å²) in [6.45, 7) is 9.69. The molecule has 0 aromatic heterocycles. The maximum atomic E-state index is 11.8. The Bertz CT molecular complexity index is 206. The van der Waals surface area contributed by atoms with Gasteiger partial charge in [0.05, 0.1) is 6.04 Å². The smallest absolute Gasteiger partial charge is 0.237 e. The highest BCUT2D eigenvalue weighted by Crippen LogP contribution is 1.98. The maximum Gasteiger partial charge on any atom is 0.237 e. The van der Waals surface area contributed by atoms with Gasteiger partial charge in [-0.25, -0.2) is 0 Å². The minimum absolute atomic E-state index is 0.0864. The molecule has 2 N–H and O–H groups in total. The van der Waals surface area contributed by atoms with E-state index in [4.69, 9.17) is 4.74 Å². The Balaban J connectivity index is 3.88. The summed E-state index contributed by atoms with van der Waals surface area (Å²) in [5.74, 6) is 0.506. The van der Waals surface area contributed by atoms with E-state index in [1.54, 1.807) is 7.11 Å². The molecule has 102 valence electrons. The SMILES string of the molecule is CCC(CC)NC(=O)C(C)NCC(C)COC. The van der Waals surface area contributed by atoms with E-state index in [9.17, 15) is 4.79 Å². The molecule has 0 aromatic rings. The number of hydrogen-bond donors (Lipinski definition) is 2. The number of ether oxygens (including phenoxy) is 1. The predicted molar refractivity (Wildman–Crippen MR) is 71.0 cm³/mol. The molecule has 0 rings (SSSR count). The molecule has 2 atom stereocenters. The van der Waals surface area contributed by atoms with Crippen LogP contribution in [0.3, 0.4) is 0 Å². The molecule has 0 bridgehead atoms. The third-order valence-electron chi connectivity index (χ3n) is 2.95. The molecule has 4 heteroatoms. The number of hydrogen-bond acceptors (Lipinski definition) is 3. The first-order valence-corrected chi connectivity index (χ1v) is 6.57. The van der Waals surface area contributed by atoms with Crippen molar-refractivity contribution in [2.75, 3.05) is 20.3 Å². The van der Waals surface area contributed by atoms with E-state index in [0.29, 0.717) is 18.6 Å². The lowest BCUT2D eigenvalue weighted by atomic mass is 10.1. The van der Waals surface area contributed by atoms with Gasteiger partial charge in [0.1, 0.15) is 0 Å². The largest absolute Gasteiger partial charge is 0.384 e. The number of amides is 1. The molecule has 4 nitrogen and oxygen atoms in total. The van der Waals surface area contributed by atoms with Crippen LogP contribution in [-0.4, -0.2) is 38.3 Å². The molecule has 0 aliphatic rings. The summed E-state index contributed by atoms with van der Waals surface area (Å²) in [6.07, 6.45) is 1.96. The van der Waals surface area contributed by atoms with Crippen LogP contribution in [0.2, 0.25) is 0 Å². The molecule has 2 unspecified atom stereocenters. The second-order valence-electron chi connectivity index (χ2n) is 4.71. The summed E-state index contributed by atoms with van der Waals surface area (Å²) in [5, 5.41) is 6.27. The highest BCUT2D eigenvalue weighted by molar-refractivity contribution is 5.81. The molecule has 17 heavy (non-hydrogen) atoms. The summed E-state index contributed by atoms with van der Waals surface area (Å²) in [4.78, 5) is 11.8. The molecule has 0 spiro atoms. The van der Waals surface area contributed by atoms with Crippen molar-refractivity contribution in [2.24, 2.45) is 5.92 Å². The highest BCUT2D eigenvalue weighted by Gasteiger charge is 2.15. The lowest BCUT2D eigenvalue weighted by Gasteiger charge is -2.20. The summed E-state index contributed by atoms with van der Waals surface area (Å²) < 4.78 is 5.06. The van der Waals surface area contributed by atoms with Gasteiger partial charge in [-0.05, 0) is 25.7 Å². The average molecular weight is 244 g/mol. The molecule has 0 aliphatic heterocycles. The fourth-order valence-electron chi connectivity index (χ4n) is 1.63. The summed E-state index contributed by atoms with van der Waals surface area (Å²) in [5.41, 5.74) is 0. The van der Waals surface area contributed by atoms with Gasteiger partial charge in [-0.3, -0.25) is 4.79 Å². The number of rotatable bonds is 9. The van der Waals surface area contributed by atoms with E-state index in [2.05, 4.69) is 31.4 Å². The van der Waals surface area contributed by atoms with Crippen LogP contribution in [0.1, 0.15) is 40.5 Å². The summed E-state index contributed by atoms with van der Waals surface area (Å²) in [7, 11) is 1.69. The number of carbonyl (C=O) groups is 1. The van der Waals surface area contributed by atoms with Crippen molar-refractivity contribution in [1.29, 1.82) is 0 Å². The van der Waals surface area contributed by atoms with E-state index >= 15 is 0 Å². The molecule has 0 aliphatic carbocycles. The van der Waals surface area contributed by atoms with Gasteiger partial charge in [-0.2, -0.15) is 0 Å². The molecule has 0 saturated heterocycles. The number of nitrogens with one attached hydrogen (secondary N) is 2. The zero-order valence-electron chi connectivity index (χ0n) is 11.9. The monoisotopic (exact) mass is 244 g/mol. The fraction of sp³-hybridized carbons (Fsp3) is 0.923. The van der Waals surface area contributed by atoms with Crippen LogP contribution in [0.25, 0.3) is 0 Å². The first-order chi connectivity index (χ1) is 8.04. The lowest BCUT2D eigenvalue weighted by Crippen LogP contribution is -2.47. The highest BCUT2D eigenvalue weighted by atomic mass is 16.5. The standard InChI is InChI=1S/C13H28N2O2/c1-6-12(7-2)15-13(16)11(4)14-8-10(3)9-17-5/h10-12,14H,6-9H2,1-5H3,(H,15,16). The van der Waals surface area contributed by atoms with E-state index < -0.39 is 0 Å². The molecule has 0 aromatic carbocycles. The molecular weight excluding hydrogens is 216 g/mol. The third-order valence-corrected chi connectivity index (χ3v) is 2.95. The average Bonchev–Trinajstić information content (AvgIpc) is 2.32. The van der Waals surface area contributed by atoms with Crippen LogP contribution in [0.5, 0.6) is 0 Å². The van der Waals surface area contributed by atoms with Crippen molar-refractivity contribution in [2.45, 2.75) is 52.6 Å². The Morgan fingerprint density at radius 1 is 1.24 bits per heavy atom. The van der Waals surface area contributed by atoms with Crippen LogP contribution in [0.15, 0.2) is 0 Å². The third kappa shape index (κ3) is 7.34. The van der Waals surface area contributed by atoms with Crippen molar-refractivity contribution in [3.63, 3.8) is 0 Å². The van der Waals surface area contributed by atoms with Gasteiger partial charge >= 0.3 is 0 Å². The second kappa shape index (κ2) is 9.42. The zero-order valence-corrected chi connectivity index (χ0v) is 11.9. The van der Waals surface area contributed by atoms with Gasteiger partial charge in [0.25, 0.3) is 0 Å². The predicted octanol–water partition coefficient (Wildman–Crippen LogP) is 1.55. The van der Waals surface area contributed by atoms with Crippen LogP contribution in [-0.2, 0) is 9.53 Å². The Hall–Kier alpha value is -0.610. The van der Waals surface area contributed by atoms with Gasteiger partial charge < -0.3 is 15.4 Å². The van der Waals surface area contributed by atoms with Gasteiger partial charge in [0.15, 0.2) is 0 Å². The van der Waals surface area contributed by atoms with Crippen molar-refractivity contribution < 1.29 is 9.53 Å². The molecular formula is C13H28N2O2. The van der Waals surface area contributed by atoms with E-state index in [1.807, 2.05) is 6.92 Å². The summed E-state index contributed by atoms with van der Waals surface area (Å²) in [6, 6.07) is 0.151. The van der Waals surface area contributed by atoms with Gasteiger partial charge in [-0.15, -0.1) is 0 Å². The molecule has 0 saturated carbocycles. The zero-order chi connectivity index (χ0) is 13.3. The van der Waals surface area contributed by atoms with Crippen molar-refractivity contribution >= 4 is 5.91 Å². The Labute approximate surface area is 105 Å². The van der Waals surface area contributed by atoms with Gasteiger partial charge in [0, 0.05) is 26.3 Å². The maximum absolute atomic E-state index is 11.8. The van der Waals surface area contributed by atoms with Gasteiger partial charge in [-0.1, -0.05) is 20.8 Å². The Morgan fingerprint density at radius 3 is 2.29 bits per heavy atom. The van der Waals surface area contributed by atoms with Crippen LogP contribution < -0.4 is 10.6 Å². The normalized spacial score (nSPS) is 14.7. The van der Waals surface area contributed by atoms with Gasteiger partial charge in [0.2, 0.25) is 5.91 Å². The molecule has 1 amide bonds. The topological polar surface area (TPSA) is 50.4 Å². The minimum Gasteiger partial charge on any atom is -0.384 e. The van der Waals surface area contributed by atoms with Crippen molar-refractivity contribution in [3.8, 4) is 0 Å². The van der Waals surface area contributed by atoms with E-state index in [1.165, 1.54) is 0 Å². The molecule has 0 fully saturated rings. The fourth-order valence-corrected chi connectivity index (χ4v) is 1.63. The first-order valence-electron chi connectivity index (χ1n) is 6.57. The van der Waals surface area contributed by atoms with E-state index in [-0.39, 0.29) is 11.9 Å². The number of carbonyl (C=O) groups excluding carboxylic acids is 1. The number of methoxy groups -OCH3 is 1. The molecule has 0 heterocycles. The van der Waals surface area contributed by atoms with Crippen LogP contribution in [0.4, 0.5) is 0 Å². The first kappa shape index (κ1) is 16.4. The Kier molecular flexibility index (Phi) is 9.09. The second-order valence-corrected chi connectivity index (χ2v) is 4.71. The quantitative estimate of drug-likeness (QED) is 0.647.